The van der Waals surface area contributed by atoms with Crippen LogP contribution in [0.3, 0.4) is 0 Å². The zero-order valence-corrected chi connectivity index (χ0v) is 22.0. The van der Waals surface area contributed by atoms with Crippen LogP contribution in [0.25, 0.3) is 22.5 Å². The predicted molar refractivity (Wildman–Crippen MR) is 138 cm³/mol. The topological polar surface area (TPSA) is 84.3 Å². The van der Waals surface area contributed by atoms with Gasteiger partial charge in [-0.15, -0.1) is 0 Å². The van der Waals surface area contributed by atoms with Crippen LogP contribution in [0.2, 0.25) is 0 Å². The number of hydrogen-bond acceptors (Lipinski definition) is 8. The molecule has 1 saturated heterocycles. The number of methoxy groups -OCH3 is 2. The van der Waals surface area contributed by atoms with Crippen molar-refractivity contribution in [1.29, 1.82) is 0 Å². The molecule has 0 bridgehead atoms. The molecule has 0 aliphatic carbocycles. The Morgan fingerprint density at radius 2 is 1.49 bits per heavy atom. The monoisotopic (exact) mass is 545 g/mol. The first-order valence-corrected chi connectivity index (χ1v) is 12.4. The highest BCUT2D eigenvalue weighted by molar-refractivity contribution is 5.80. The minimum atomic E-state index is -4.38. The van der Waals surface area contributed by atoms with Gasteiger partial charge in [-0.3, -0.25) is 0 Å². The van der Waals surface area contributed by atoms with Gasteiger partial charge in [-0.05, 0) is 37.1 Å². The fraction of sp³-hybridized carbons (Fsp3) is 0.393. The molecule has 0 spiro atoms. The first-order valence-electron chi connectivity index (χ1n) is 12.4. The van der Waals surface area contributed by atoms with Crippen molar-refractivity contribution in [1.82, 2.24) is 9.97 Å². The number of aromatic nitrogens is 2. The average molecular weight is 546 g/mol. The number of nitrogens with zero attached hydrogens (tertiary/aromatic N) is 3. The zero-order chi connectivity index (χ0) is 28.0. The van der Waals surface area contributed by atoms with Gasteiger partial charge in [0, 0.05) is 44.3 Å². The normalized spacial score (nSPS) is 23.7. The van der Waals surface area contributed by atoms with Gasteiger partial charge in [0.1, 0.15) is 12.2 Å². The molecule has 4 rings (SSSR count). The standard InChI is InChI=1S/C28H30F3N3O5/c1-5-37-24-23(35-3)17(2)38-27(25(24)36-4)39-34-14-18-6-8-20(9-7-18)26-32-15-21(16-33-26)19-10-12-22(13-11-19)28(29,30)31/h6-17,23-25,27H,5H2,1-4H3/b34-14+/t17-,23-,24+,25+,27-/m0/s1. The van der Waals surface area contributed by atoms with Crippen LogP contribution in [0.15, 0.2) is 66.1 Å². The van der Waals surface area contributed by atoms with Gasteiger partial charge in [0.25, 0.3) is 6.29 Å². The van der Waals surface area contributed by atoms with E-state index in [-0.39, 0.29) is 18.3 Å². The van der Waals surface area contributed by atoms with Crippen molar-refractivity contribution in [3.8, 4) is 22.5 Å². The van der Waals surface area contributed by atoms with E-state index >= 15 is 0 Å². The molecule has 39 heavy (non-hydrogen) atoms. The molecule has 2 aromatic carbocycles. The van der Waals surface area contributed by atoms with Gasteiger partial charge < -0.3 is 23.8 Å². The van der Waals surface area contributed by atoms with Crippen molar-refractivity contribution in [2.75, 3.05) is 20.8 Å². The average Bonchev–Trinajstić information content (AvgIpc) is 2.93. The van der Waals surface area contributed by atoms with Crippen LogP contribution >= 0.6 is 0 Å². The second kappa shape index (κ2) is 12.6. The van der Waals surface area contributed by atoms with Crippen molar-refractivity contribution in [3.05, 3.63) is 72.1 Å². The molecule has 208 valence electrons. The SMILES string of the molecule is CCO[C@@H]1[C@@H](OC)[C@H](C)O[C@@H](O/N=C/c2ccc(-c3ncc(-c4ccc(C(F)(F)F)cc4)cn3)cc2)[C@@H]1OC. The summed E-state index contributed by atoms with van der Waals surface area (Å²) in [6, 6.07) is 12.2. The van der Waals surface area contributed by atoms with E-state index in [2.05, 4.69) is 15.1 Å². The summed E-state index contributed by atoms with van der Waals surface area (Å²) in [6.45, 7) is 4.26. The molecule has 0 radical (unpaired) electrons. The lowest BCUT2D eigenvalue weighted by Gasteiger charge is -2.42. The number of alkyl halides is 3. The largest absolute Gasteiger partial charge is 0.416 e. The Morgan fingerprint density at radius 1 is 0.872 bits per heavy atom. The quantitative estimate of drug-likeness (QED) is 0.264. The Hall–Kier alpha value is -3.38. The molecule has 0 saturated carbocycles. The summed E-state index contributed by atoms with van der Waals surface area (Å²) in [7, 11) is 3.16. The van der Waals surface area contributed by atoms with Gasteiger partial charge in [-0.2, -0.15) is 13.2 Å². The third-order valence-electron chi connectivity index (χ3n) is 6.36. The zero-order valence-electron chi connectivity index (χ0n) is 22.0. The molecule has 11 heteroatoms. The highest BCUT2D eigenvalue weighted by Gasteiger charge is 2.47. The fourth-order valence-electron chi connectivity index (χ4n) is 4.36. The molecule has 2 heterocycles. The Balaban J connectivity index is 1.39. The third-order valence-corrected chi connectivity index (χ3v) is 6.36. The molecule has 5 atom stereocenters. The molecule has 0 amide bonds. The second-order valence-electron chi connectivity index (χ2n) is 8.86. The van der Waals surface area contributed by atoms with E-state index in [1.54, 1.807) is 32.8 Å². The van der Waals surface area contributed by atoms with Crippen LogP contribution in [-0.2, 0) is 30.0 Å². The van der Waals surface area contributed by atoms with Crippen LogP contribution in [0.4, 0.5) is 13.2 Å². The van der Waals surface area contributed by atoms with Gasteiger partial charge in [0.2, 0.25) is 0 Å². The third kappa shape index (κ3) is 6.80. The van der Waals surface area contributed by atoms with Crippen molar-refractivity contribution in [3.63, 3.8) is 0 Å². The number of oxime groups is 1. The Labute approximate surface area is 224 Å². The highest BCUT2D eigenvalue weighted by atomic mass is 19.4. The van der Waals surface area contributed by atoms with Gasteiger partial charge in [-0.1, -0.05) is 41.6 Å². The van der Waals surface area contributed by atoms with Gasteiger partial charge in [0.05, 0.1) is 17.9 Å². The summed E-state index contributed by atoms with van der Waals surface area (Å²) in [5, 5.41) is 4.08. The number of rotatable bonds is 9. The summed E-state index contributed by atoms with van der Waals surface area (Å²) in [5.41, 5.74) is 2.05. The maximum Gasteiger partial charge on any atom is 0.416 e. The van der Waals surface area contributed by atoms with Crippen LogP contribution in [0, 0.1) is 0 Å². The summed E-state index contributed by atoms with van der Waals surface area (Å²) >= 11 is 0. The molecule has 8 nitrogen and oxygen atoms in total. The van der Waals surface area contributed by atoms with E-state index in [9.17, 15) is 13.2 Å². The van der Waals surface area contributed by atoms with E-state index in [0.29, 0.717) is 23.6 Å². The molecular weight excluding hydrogens is 515 g/mol. The van der Waals surface area contributed by atoms with Gasteiger partial charge >= 0.3 is 6.18 Å². The van der Waals surface area contributed by atoms with Crippen LogP contribution in [0.1, 0.15) is 25.0 Å². The molecule has 1 aliphatic heterocycles. The second-order valence-corrected chi connectivity index (χ2v) is 8.86. The predicted octanol–water partition coefficient (Wildman–Crippen LogP) is 5.36. The number of ether oxygens (including phenoxy) is 4. The van der Waals surface area contributed by atoms with Crippen molar-refractivity contribution in [2.45, 2.75) is 50.7 Å². The molecular formula is C28H30F3N3O5. The van der Waals surface area contributed by atoms with Crippen molar-refractivity contribution in [2.24, 2.45) is 5.16 Å². The highest BCUT2D eigenvalue weighted by Crippen LogP contribution is 2.31. The lowest BCUT2D eigenvalue weighted by Crippen LogP contribution is -2.59. The number of halogens is 3. The molecule has 0 unspecified atom stereocenters. The Morgan fingerprint density at radius 3 is 2.05 bits per heavy atom. The molecule has 3 aromatic rings. The molecule has 1 aromatic heterocycles. The smallest absolute Gasteiger partial charge is 0.376 e. The lowest BCUT2D eigenvalue weighted by molar-refractivity contribution is -0.308. The Kier molecular flexibility index (Phi) is 9.28. The van der Waals surface area contributed by atoms with Crippen LogP contribution in [0.5, 0.6) is 0 Å². The fourth-order valence-corrected chi connectivity index (χ4v) is 4.36. The van der Waals surface area contributed by atoms with E-state index in [1.165, 1.54) is 12.1 Å². The molecule has 0 N–H and O–H groups in total. The molecule has 1 fully saturated rings. The van der Waals surface area contributed by atoms with Crippen molar-refractivity contribution >= 4 is 6.21 Å². The minimum absolute atomic E-state index is 0.289. The summed E-state index contributed by atoms with van der Waals surface area (Å²) in [5.74, 6) is 0.479. The maximum absolute atomic E-state index is 12.8. The van der Waals surface area contributed by atoms with Gasteiger partial charge in [0.15, 0.2) is 11.9 Å². The maximum atomic E-state index is 12.8. The van der Waals surface area contributed by atoms with E-state index < -0.39 is 24.1 Å². The first kappa shape index (κ1) is 28.6. The Bertz CT molecular complexity index is 1220. The number of hydrogen-bond donors (Lipinski definition) is 0. The first-order chi connectivity index (χ1) is 18.7. The van der Waals surface area contributed by atoms with Crippen LogP contribution in [-0.4, -0.2) is 67.7 Å². The number of benzene rings is 2. The van der Waals surface area contributed by atoms with E-state index in [4.69, 9.17) is 23.8 Å². The van der Waals surface area contributed by atoms with Crippen molar-refractivity contribution < 1.29 is 37.0 Å². The molecule has 1 aliphatic rings. The minimum Gasteiger partial charge on any atom is -0.376 e. The lowest BCUT2D eigenvalue weighted by atomic mass is 9.99. The van der Waals surface area contributed by atoms with E-state index in [1.807, 2.05) is 38.1 Å². The van der Waals surface area contributed by atoms with E-state index in [0.717, 1.165) is 23.3 Å². The van der Waals surface area contributed by atoms with Gasteiger partial charge in [-0.25, -0.2) is 9.97 Å². The van der Waals surface area contributed by atoms with Crippen LogP contribution < -0.4 is 0 Å². The summed E-state index contributed by atoms with van der Waals surface area (Å²) < 4.78 is 61.3. The summed E-state index contributed by atoms with van der Waals surface area (Å²) in [6.07, 6.45) is -1.95. The summed E-state index contributed by atoms with van der Waals surface area (Å²) in [4.78, 5) is 14.4.